The van der Waals surface area contributed by atoms with Gasteiger partial charge in [0.05, 0.1) is 23.0 Å². The average Bonchev–Trinajstić information content (AvgIpc) is 3.12. The molecule has 0 bridgehead atoms. The van der Waals surface area contributed by atoms with Crippen molar-refractivity contribution in [1.29, 1.82) is 0 Å². The number of anilines is 1. The smallest absolute Gasteiger partial charge is 0.295 e. The van der Waals surface area contributed by atoms with Crippen LogP contribution in [0.3, 0.4) is 0 Å². The van der Waals surface area contributed by atoms with Crippen LogP contribution in [0.2, 0.25) is 5.02 Å². The third-order valence-corrected chi connectivity index (χ3v) is 6.60. The number of hydrogen-bond donors (Lipinski definition) is 2. The summed E-state index contributed by atoms with van der Waals surface area (Å²) in [5.74, 6) is -0.565. The quantitative estimate of drug-likeness (QED) is 0.340. The molecule has 2 heterocycles. The number of ether oxygens (including phenoxy) is 1. The van der Waals surface area contributed by atoms with Gasteiger partial charge in [0, 0.05) is 38.7 Å². The number of amides is 2. The van der Waals surface area contributed by atoms with Crippen molar-refractivity contribution in [2.75, 3.05) is 39.1 Å². The van der Waals surface area contributed by atoms with Crippen LogP contribution in [0, 0.1) is 5.41 Å². The lowest BCUT2D eigenvalue weighted by atomic mass is 9.88. The molecule has 0 aliphatic rings. The highest BCUT2D eigenvalue weighted by Crippen LogP contribution is 2.27. The number of rotatable bonds is 12. The van der Waals surface area contributed by atoms with Gasteiger partial charge >= 0.3 is 0 Å². The lowest BCUT2D eigenvalue weighted by molar-refractivity contribution is -0.118. The molecule has 11 heteroatoms. The minimum Gasteiger partial charge on any atom is -0.477 e. The van der Waals surface area contributed by atoms with Crippen LogP contribution < -0.4 is 20.9 Å². The Morgan fingerprint density at radius 1 is 1.20 bits per heavy atom. The summed E-state index contributed by atoms with van der Waals surface area (Å²) in [7, 11) is 5.76. The lowest BCUT2D eigenvalue weighted by Crippen LogP contribution is -2.37. The maximum atomic E-state index is 13.6. The Morgan fingerprint density at radius 2 is 1.88 bits per heavy atom. The highest BCUT2D eigenvalue weighted by atomic mass is 35.5. The predicted molar refractivity (Wildman–Crippen MR) is 158 cm³/mol. The molecule has 2 N–H and O–H groups in total. The van der Waals surface area contributed by atoms with E-state index in [4.69, 9.17) is 16.3 Å². The number of nitrogens with zero attached hydrogens (tertiary/aromatic N) is 4. The summed E-state index contributed by atoms with van der Waals surface area (Å²) in [6, 6.07) is 10.8. The van der Waals surface area contributed by atoms with E-state index in [1.54, 1.807) is 11.6 Å². The van der Waals surface area contributed by atoms with Crippen molar-refractivity contribution >= 4 is 29.1 Å². The number of pyridine rings is 1. The molecule has 0 fully saturated rings. The Bertz CT molecular complexity index is 1400. The van der Waals surface area contributed by atoms with Crippen molar-refractivity contribution in [2.45, 2.75) is 40.0 Å². The second kappa shape index (κ2) is 13.1. The molecule has 0 saturated heterocycles. The molecule has 2 amide bonds. The zero-order valence-corrected chi connectivity index (χ0v) is 25.0. The Hall–Kier alpha value is -3.63. The van der Waals surface area contributed by atoms with Gasteiger partial charge < -0.3 is 20.3 Å². The van der Waals surface area contributed by atoms with Crippen LogP contribution >= 0.6 is 11.6 Å². The first kappa shape index (κ1) is 30.9. The highest BCUT2D eigenvalue weighted by molar-refractivity contribution is 6.30. The number of para-hydroxylation sites is 1. The number of aromatic nitrogens is 3. The van der Waals surface area contributed by atoms with Gasteiger partial charge in [-0.25, -0.2) is 9.67 Å². The number of likely N-dealkylation sites (N-methyl/N-ethyl adjacent to an activating group) is 1. The first-order valence-electron chi connectivity index (χ1n) is 13.2. The first-order chi connectivity index (χ1) is 18.8. The van der Waals surface area contributed by atoms with Crippen LogP contribution in [0.5, 0.6) is 5.88 Å². The molecular formula is C29H39ClN6O4. The summed E-state index contributed by atoms with van der Waals surface area (Å²) in [4.78, 5) is 45.9. The first-order valence-corrected chi connectivity index (χ1v) is 13.6. The maximum Gasteiger partial charge on any atom is 0.295 e. The van der Waals surface area contributed by atoms with Crippen molar-refractivity contribution in [1.82, 2.24) is 24.6 Å². The molecule has 0 aliphatic carbocycles. The molecular weight excluding hydrogens is 532 g/mol. The van der Waals surface area contributed by atoms with E-state index in [1.165, 1.54) is 12.3 Å². The van der Waals surface area contributed by atoms with Crippen molar-refractivity contribution in [2.24, 2.45) is 12.5 Å². The van der Waals surface area contributed by atoms with Crippen LogP contribution in [0.15, 0.2) is 47.4 Å². The minimum absolute atomic E-state index is 0.0360. The maximum absolute atomic E-state index is 13.6. The molecule has 1 unspecified atom stereocenters. The summed E-state index contributed by atoms with van der Waals surface area (Å²) < 4.78 is 8.83. The van der Waals surface area contributed by atoms with E-state index in [1.807, 2.05) is 81.8 Å². The Labute approximate surface area is 240 Å². The third-order valence-electron chi connectivity index (χ3n) is 6.39. The molecule has 3 aromatic rings. The third kappa shape index (κ3) is 7.51. The number of hydrogen-bond acceptors (Lipinski definition) is 6. The second-order valence-corrected chi connectivity index (χ2v) is 11.3. The van der Waals surface area contributed by atoms with Gasteiger partial charge in [0.1, 0.15) is 11.3 Å². The van der Waals surface area contributed by atoms with Crippen LogP contribution in [-0.4, -0.2) is 64.9 Å². The summed E-state index contributed by atoms with van der Waals surface area (Å²) in [5, 5.41) is 6.08. The predicted octanol–water partition coefficient (Wildman–Crippen LogP) is 4.07. The zero-order valence-electron chi connectivity index (χ0n) is 24.2. The standard InChI is InChI=1S/C29H39ClN6O4/c1-8-40-27-22(14-20(30)16-31-27)26(38)32-18-29(3,4)15-23(37)33-24-25(19(2)17-34(5)6)35(7)36(28(24)39)21-12-10-9-11-13-21/h9-14,16,19H,8,15,17-18H2,1-7H3,(H,32,38)(H,33,37). The van der Waals surface area contributed by atoms with E-state index in [2.05, 4.69) is 15.6 Å². The SMILES string of the molecule is CCOc1ncc(Cl)cc1C(=O)NCC(C)(C)CC(=O)Nc1c(C(C)CN(C)C)n(C)n(-c2ccccc2)c1=O. The second-order valence-electron chi connectivity index (χ2n) is 10.9. The molecule has 0 spiro atoms. The van der Waals surface area contributed by atoms with Crippen LogP contribution in [0.1, 0.15) is 56.1 Å². The van der Waals surface area contributed by atoms with E-state index < -0.39 is 11.3 Å². The summed E-state index contributed by atoms with van der Waals surface area (Å²) in [6.07, 6.45) is 1.49. The minimum atomic E-state index is -0.625. The van der Waals surface area contributed by atoms with E-state index in [0.717, 1.165) is 5.69 Å². The molecule has 1 atom stereocenters. The molecule has 216 valence electrons. The number of carbonyl (C=O) groups excluding carboxylic acids is 2. The highest BCUT2D eigenvalue weighted by Gasteiger charge is 2.28. The van der Waals surface area contributed by atoms with E-state index in [0.29, 0.717) is 23.9 Å². The Morgan fingerprint density at radius 3 is 2.50 bits per heavy atom. The van der Waals surface area contributed by atoms with Gasteiger partial charge in [-0.15, -0.1) is 0 Å². The average molecular weight is 571 g/mol. The Balaban J connectivity index is 1.80. The largest absolute Gasteiger partial charge is 0.477 e. The number of nitrogens with one attached hydrogen (secondary N) is 2. The van der Waals surface area contributed by atoms with Crippen LogP contribution in [0.4, 0.5) is 5.69 Å². The number of benzene rings is 1. The van der Waals surface area contributed by atoms with Crippen LogP contribution in [0.25, 0.3) is 5.69 Å². The van der Waals surface area contributed by atoms with Gasteiger partial charge in [0.25, 0.3) is 11.5 Å². The fourth-order valence-electron chi connectivity index (χ4n) is 4.73. The number of carbonyl (C=O) groups is 2. The van der Waals surface area contributed by atoms with Crippen molar-refractivity contribution in [3.05, 3.63) is 69.2 Å². The van der Waals surface area contributed by atoms with Gasteiger partial charge in [-0.2, -0.15) is 0 Å². The fraction of sp³-hybridized carbons (Fsp3) is 0.448. The number of halogens is 1. The fourth-order valence-corrected chi connectivity index (χ4v) is 4.89. The van der Waals surface area contributed by atoms with Crippen molar-refractivity contribution in [3.63, 3.8) is 0 Å². The van der Waals surface area contributed by atoms with Gasteiger partial charge in [-0.05, 0) is 44.6 Å². The van der Waals surface area contributed by atoms with Gasteiger partial charge in [0.2, 0.25) is 11.8 Å². The monoisotopic (exact) mass is 570 g/mol. The normalized spacial score (nSPS) is 12.3. The molecule has 2 aromatic heterocycles. The molecule has 40 heavy (non-hydrogen) atoms. The van der Waals surface area contributed by atoms with Gasteiger partial charge in [0.15, 0.2) is 0 Å². The van der Waals surface area contributed by atoms with E-state index in [-0.39, 0.29) is 47.5 Å². The van der Waals surface area contributed by atoms with Gasteiger partial charge in [-0.3, -0.25) is 19.1 Å². The van der Waals surface area contributed by atoms with E-state index in [9.17, 15) is 14.4 Å². The Kier molecular flexibility index (Phi) is 10.2. The summed E-state index contributed by atoms with van der Waals surface area (Å²) in [6.45, 7) is 8.80. The topological polar surface area (TPSA) is 110 Å². The summed E-state index contributed by atoms with van der Waals surface area (Å²) >= 11 is 6.04. The zero-order chi connectivity index (χ0) is 29.6. The lowest BCUT2D eigenvalue weighted by Gasteiger charge is -2.25. The molecule has 10 nitrogen and oxygen atoms in total. The molecule has 3 rings (SSSR count). The van der Waals surface area contributed by atoms with Crippen molar-refractivity contribution in [3.8, 4) is 11.6 Å². The van der Waals surface area contributed by atoms with Crippen LogP contribution in [-0.2, 0) is 11.8 Å². The van der Waals surface area contributed by atoms with Crippen molar-refractivity contribution < 1.29 is 14.3 Å². The molecule has 0 radical (unpaired) electrons. The van der Waals surface area contributed by atoms with Gasteiger partial charge in [-0.1, -0.05) is 50.6 Å². The molecule has 0 aliphatic heterocycles. The summed E-state index contributed by atoms with van der Waals surface area (Å²) in [5.41, 5.74) is 1.00. The molecule has 0 saturated carbocycles. The molecule has 1 aromatic carbocycles. The van der Waals surface area contributed by atoms with E-state index >= 15 is 0 Å².